The molecule has 1 aromatic carbocycles. The Bertz CT molecular complexity index is 485. The highest BCUT2D eigenvalue weighted by molar-refractivity contribution is 5.80. The highest BCUT2D eigenvalue weighted by atomic mass is 14.1. The van der Waals surface area contributed by atoms with Crippen LogP contribution in [0, 0.1) is 20.8 Å². The third-order valence-electron chi connectivity index (χ3n) is 2.81. The summed E-state index contributed by atoms with van der Waals surface area (Å²) in [7, 11) is 0. The molecule has 0 saturated heterocycles. The molecule has 0 aliphatic heterocycles. The van der Waals surface area contributed by atoms with Crippen molar-refractivity contribution in [3.63, 3.8) is 0 Å². The molecule has 1 aliphatic carbocycles. The van der Waals surface area contributed by atoms with Crippen LogP contribution in [-0.4, -0.2) is 0 Å². The smallest absolute Gasteiger partial charge is 0.0126 e. The van der Waals surface area contributed by atoms with Crippen molar-refractivity contribution in [3.8, 4) is 0 Å². The number of rotatable bonds is 1. The first-order chi connectivity index (χ1) is 7.68. The zero-order valence-electron chi connectivity index (χ0n) is 9.66. The summed E-state index contributed by atoms with van der Waals surface area (Å²) in [6, 6.07) is 6.34. The lowest BCUT2D eigenvalue weighted by Gasteiger charge is -2.11. The summed E-state index contributed by atoms with van der Waals surface area (Å²) >= 11 is 0. The molecule has 0 nitrogen and oxygen atoms in total. The van der Waals surface area contributed by atoms with Gasteiger partial charge in [0.2, 0.25) is 0 Å². The molecule has 0 bridgehead atoms. The Morgan fingerprint density at radius 2 is 1.94 bits per heavy atom. The first kappa shape index (κ1) is 10.9. The Morgan fingerprint density at radius 3 is 2.75 bits per heavy atom. The van der Waals surface area contributed by atoms with Gasteiger partial charge in [-0.2, -0.15) is 0 Å². The molecule has 0 spiro atoms. The van der Waals surface area contributed by atoms with Gasteiger partial charge < -0.3 is 0 Å². The fourth-order valence-electron chi connectivity index (χ4n) is 1.89. The molecule has 0 unspecified atom stereocenters. The summed E-state index contributed by atoms with van der Waals surface area (Å²) in [5, 5.41) is 0. The van der Waals surface area contributed by atoms with Crippen LogP contribution in [0.2, 0.25) is 0 Å². The molecule has 80 valence electrons. The van der Waals surface area contributed by atoms with Gasteiger partial charge in [0.15, 0.2) is 0 Å². The SMILES string of the molecule is [CH2]C1=C(c2cc(C)ccc2[CH2])C=CC=CC1. The second kappa shape index (κ2) is 4.52. The van der Waals surface area contributed by atoms with Gasteiger partial charge in [-0.25, -0.2) is 0 Å². The van der Waals surface area contributed by atoms with E-state index in [4.69, 9.17) is 0 Å². The average molecular weight is 208 g/mol. The van der Waals surface area contributed by atoms with Crippen molar-refractivity contribution >= 4 is 5.57 Å². The molecule has 0 saturated carbocycles. The molecular weight excluding hydrogens is 192 g/mol. The topological polar surface area (TPSA) is 0 Å². The van der Waals surface area contributed by atoms with Gasteiger partial charge in [-0.15, -0.1) is 0 Å². The fourth-order valence-corrected chi connectivity index (χ4v) is 1.89. The van der Waals surface area contributed by atoms with E-state index in [0.29, 0.717) is 0 Å². The zero-order chi connectivity index (χ0) is 11.5. The molecule has 0 atom stereocenters. The van der Waals surface area contributed by atoms with Crippen LogP contribution in [0.4, 0.5) is 0 Å². The Morgan fingerprint density at radius 1 is 1.12 bits per heavy atom. The van der Waals surface area contributed by atoms with Crippen LogP contribution in [0.25, 0.3) is 5.57 Å². The van der Waals surface area contributed by atoms with Gasteiger partial charge in [0.05, 0.1) is 0 Å². The lowest BCUT2D eigenvalue weighted by atomic mass is 9.94. The lowest BCUT2D eigenvalue weighted by molar-refractivity contribution is 1.29. The molecule has 2 radical (unpaired) electrons. The predicted octanol–water partition coefficient (Wildman–Crippen LogP) is 4.28. The average Bonchev–Trinajstić information content (AvgIpc) is 2.47. The fraction of sp³-hybridized carbons (Fsp3) is 0.125. The maximum Gasteiger partial charge on any atom is -0.0126 e. The number of hydrogen-bond acceptors (Lipinski definition) is 0. The largest absolute Gasteiger partial charge is 0.0804 e. The van der Waals surface area contributed by atoms with Gasteiger partial charge in [-0.05, 0) is 43.9 Å². The number of aryl methyl sites for hydroxylation is 1. The van der Waals surface area contributed by atoms with E-state index in [1.165, 1.54) is 16.7 Å². The molecule has 0 fully saturated rings. The first-order valence-electron chi connectivity index (χ1n) is 5.50. The number of benzene rings is 1. The predicted molar refractivity (Wildman–Crippen MR) is 70.8 cm³/mol. The summed E-state index contributed by atoms with van der Waals surface area (Å²) in [6.07, 6.45) is 9.29. The van der Waals surface area contributed by atoms with Crippen molar-refractivity contribution in [3.05, 3.63) is 78.6 Å². The summed E-state index contributed by atoms with van der Waals surface area (Å²) in [4.78, 5) is 0. The molecule has 2 rings (SSSR count). The molecular formula is C16H16. The van der Waals surface area contributed by atoms with Gasteiger partial charge in [0, 0.05) is 0 Å². The van der Waals surface area contributed by atoms with Crippen LogP contribution < -0.4 is 0 Å². The van der Waals surface area contributed by atoms with E-state index in [-0.39, 0.29) is 0 Å². The zero-order valence-corrected chi connectivity index (χ0v) is 9.66. The monoisotopic (exact) mass is 208 g/mol. The summed E-state index contributed by atoms with van der Waals surface area (Å²) in [5.74, 6) is 0. The first-order valence-corrected chi connectivity index (χ1v) is 5.50. The van der Waals surface area contributed by atoms with Crippen LogP contribution in [0.3, 0.4) is 0 Å². The van der Waals surface area contributed by atoms with Crippen molar-refractivity contribution in [1.29, 1.82) is 0 Å². The van der Waals surface area contributed by atoms with Crippen molar-refractivity contribution in [2.45, 2.75) is 13.3 Å². The van der Waals surface area contributed by atoms with Gasteiger partial charge in [0.25, 0.3) is 0 Å². The second-order valence-corrected chi connectivity index (χ2v) is 4.17. The molecule has 0 heteroatoms. The Kier molecular flexibility index (Phi) is 3.09. The van der Waals surface area contributed by atoms with Gasteiger partial charge in [0.1, 0.15) is 0 Å². The van der Waals surface area contributed by atoms with Crippen molar-refractivity contribution in [2.24, 2.45) is 0 Å². The molecule has 16 heavy (non-hydrogen) atoms. The van der Waals surface area contributed by atoms with E-state index >= 15 is 0 Å². The minimum Gasteiger partial charge on any atom is -0.0804 e. The molecule has 0 heterocycles. The van der Waals surface area contributed by atoms with E-state index in [9.17, 15) is 0 Å². The van der Waals surface area contributed by atoms with Crippen molar-refractivity contribution < 1.29 is 0 Å². The molecule has 1 aromatic rings. The third kappa shape index (κ3) is 2.16. The van der Waals surface area contributed by atoms with E-state index < -0.39 is 0 Å². The minimum absolute atomic E-state index is 0.912. The summed E-state index contributed by atoms with van der Waals surface area (Å²) in [5.41, 5.74) is 5.88. The van der Waals surface area contributed by atoms with E-state index in [0.717, 1.165) is 17.6 Å². The Hall–Kier alpha value is -1.56. The Balaban J connectivity index is 2.55. The van der Waals surface area contributed by atoms with Crippen LogP contribution in [0.1, 0.15) is 23.1 Å². The number of hydrogen-bond donors (Lipinski definition) is 0. The maximum absolute atomic E-state index is 4.14. The van der Waals surface area contributed by atoms with E-state index in [1.54, 1.807) is 0 Å². The van der Waals surface area contributed by atoms with Crippen LogP contribution in [0.5, 0.6) is 0 Å². The molecule has 0 N–H and O–H groups in total. The second-order valence-electron chi connectivity index (χ2n) is 4.17. The van der Waals surface area contributed by atoms with E-state index in [1.807, 2.05) is 0 Å². The molecule has 0 aromatic heterocycles. The van der Waals surface area contributed by atoms with Crippen molar-refractivity contribution in [2.75, 3.05) is 0 Å². The normalized spacial score (nSPS) is 15.4. The molecule has 0 amide bonds. The quantitative estimate of drug-likeness (QED) is 0.646. The van der Waals surface area contributed by atoms with Gasteiger partial charge in [-0.3, -0.25) is 0 Å². The van der Waals surface area contributed by atoms with Crippen LogP contribution >= 0.6 is 0 Å². The van der Waals surface area contributed by atoms with E-state index in [2.05, 4.69) is 63.3 Å². The van der Waals surface area contributed by atoms with Crippen LogP contribution in [-0.2, 0) is 0 Å². The molecule has 1 aliphatic rings. The maximum atomic E-state index is 4.14. The Labute approximate surface area is 98.0 Å². The van der Waals surface area contributed by atoms with Crippen LogP contribution in [0.15, 0.2) is 48.1 Å². The third-order valence-corrected chi connectivity index (χ3v) is 2.81. The highest BCUT2D eigenvalue weighted by Crippen LogP contribution is 2.27. The van der Waals surface area contributed by atoms with Gasteiger partial charge >= 0.3 is 0 Å². The highest BCUT2D eigenvalue weighted by Gasteiger charge is 2.07. The van der Waals surface area contributed by atoms with Crippen molar-refractivity contribution in [1.82, 2.24) is 0 Å². The summed E-state index contributed by atoms with van der Waals surface area (Å²) < 4.78 is 0. The van der Waals surface area contributed by atoms with Gasteiger partial charge in [-0.1, -0.05) is 53.6 Å². The summed E-state index contributed by atoms with van der Waals surface area (Å²) in [6.45, 7) is 10.3. The minimum atomic E-state index is 0.912. The number of allylic oxidation sites excluding steroid dienone is 6. The lowest BCUT2D eigenvalue weighted by Crippen LogP contribution is -1.91. The standard InChI is InChI=1S/C16H16/c1-12-9-10-14(3)16(11-12)15-8-6-4-5-7-13(15)2/h4-6,8-11H,2-3,7H2,1H3.